The van der Waals surface area contributed by atoms with Gasteiger partial charge in [0.15, 0.2) is 0 Å². The smallest absolute Gasteiger partial charge is 0.240 e. The Balaban J connectivity index is 0.00000180. The lowest BCUT2D eigenvalue weighted by Crippen LogP contribution is -2.52. The normalized spacial score (nSPS) is 18.5. The van der Waals surface area contributed by atoms with Crippen molar-refractivity contribution in [3.8, 4) is 0 Å². The second kappa shape index (κ2) is 6.60. The van der Waals surface area contributed by atoms with E-state index in [1.165, 1.54) is 0 Å². The lowest BCUT2D eigenvalue weighted by Gasteiger charge is -2.25. The van der Waals surface area contributed by atoms with E-state index in [1.807, 2.05) is 31.2 Å². The average molecular weight is 303 g/mol. The molecule has 1 atom stereocenters. The number of rotatable bonds is 3. The van der Waals surface area contributed by atoms with Crippen molar-refractivity contribution in [1.29, 1.82) is 0 Å². The fourth-order valence-electron chi connectivity index (χ4n) is 2.43. The predicted molar refractivity (Wildman–Crippen MR) is 80.6 cm³/mol. The molecule has 1 fully saturated rings. The summed E-state index contributed by atoms with van der Waals surface area (Å²) in [6, 6.07) is 7.45. The molecule has 1 aliphatic rings. The van der Waals surface area contributed by atoms with Gasteiger partial charge in [-0.2, -0.15) is 0 Å². The summed E-state index contributed by atoms with van der Waals surface area (Å²) in [5.41, 5.74) is 6.44. The molecule has 0 saturated heterocycles. The third-order valence-corrected chi connectivity index (χ3v) is 3.88. The van der Waals surface area contributed by atoms with Crippen molar-refractivity contribution in [3.63, 3.8) is 0 Å². The van der Waals surface area contributed by atoms with Gasteiger partial charge in [-0.05, 0) is 37.5 Å². The van der Waals surface area contributed by atoms with E-state index in [4.69, 9.17) is 17.3 Å². The van der Waals surface area contributed by atoms with Crippen molar-refractivity contribution in [2.24, 2.45) is 5.73 Å². The van der Waals surface area contributed by atoms with Crippen LogP contribution in [0.15, 0.2) is 24.3 Å². The zero-order valence-corrected chi connectivity index (χ0v) is 12.6. The van der Waals surface area contributed by atoms with Crippen LogP contribution in [-0.2, 0) is 4.79 Å². The molecule has 0 heterocycles. The lowest BCUT2D eigenvalue weighted by molar-refractivity contribution is -0.126. The maximum atomic E-state index is 12.2. The molecule has 19 heavy (non-hydrogen) atoms. The number of hydrogen-bond acceptors (Lipinski definition) is 2. The molecule has 0 aliphatic heterocycles. The first-order valence-electron chi connectivity index (χ1n) is 6.36. The zero-order chi connectivity index (χ0) is 13.2. The standard InChI is InChI=1S/C14H19ClN2O.ClH/c1-10(11-5-4-6-12(15)9-11)17-13(18)14(16)7-2-3-8-14;/h4-6,9-10H,2-3,7-8,16H2,1H3,(H,17,18);1H. The third-order valence-electron chi connectivity index (χ3n) is 3.64. The molecule has 0 spiro atoms. The molecule has 1 aromatic rings. The molecule has 1 aliphatic carbocycles. The van der Waals surface area contributed by atoms with Gasteiger partial charge in [-0.25, -0.2) is 0 Å². The Morgan fingerprint density at radius 3 is 2.63 bits per heavy atom. The molecule has 0 aromatic heterocycles. The van der Waals surface area contributed by atoms with Crippen LogP contribution in [0.2, 0.25) is 5.02 Å². The first-order chi connectivity index (χ1) is 8.51. The van der Waals surface area contributed by atoms with Crippen LogP contribution in [0.3, 0.4) is 0 Å². The fourth-order valence-corrected chi connectivity index (χ4v) is 2.63. The Morgan fingerprint density at radius 1 is 1.42 bits per heavy atom. The minimum atomic E-state index is -0.674. The number of nitrogens with one attached hydrogen (secondary N) is 1. The van der Waals surface area contributed by atoms with Crippen molar-refractivity contribution >= 4 is 29.9 Å². The highest BCUT2D eigenvalue weighted by molar-refractivity contribution is 6.30. The van der Waals surface area contributed by atoms with Crippen LogP contribution in [0.5, 0.6) is 0 Å². The first-order valence-corrected chi connectivity index (χ1v) is 6.74. The Bertz CT molecular complexity index is 445. The number of benzene rings is 1. The van der Waals surface area contributed by atoms with Crippen molar-refractivity contribution < 1.29 is 4.79 Å². The second-order valence-corrected chi connectivity index (χ2v) is 5.55. The van der Waals surface area contributed by atoms with E-state index < -0.39 is 5.54 Å². The molecule has 1 saturated carbocycles. The number of amides is 1. The van der Waals surface area contributed by atoms with Crippen molar-refractivity contribution in [2.75, 3.05) is 0 Å². The Kier molecular flexibility index (Phi) is 5.65. The van der Waals surface area contributed by atoms with Crippen LogP contribution in [0.25, 0.3) is 0 Å². The van der Waals surface area contributed by atoms with Gasteiger partial charge in [-0.15, -0.1) is 12.4 Å². The quantitative estimate of drug-likeness (QED) is 0.901. The molecule has 3 nitrogen and oxygen atoms in total. The largest absolute Gasteiger partial charge is 0.348 e. The second-order valence-electron chi connectivity index (χ2n) is 5.11. The minimum Gasteiger partial charge on any atom is -0.348 e. The van der Waals surface area contributed by atoms with Gasteiger partial charge in [0.1, 0.15) is 0 Å². The molecule has 2 rings (SSSR count). The van der Waals surface area contributed by atoms with Crippen LogP contribution in [-0.4, -0.2) is 11.4 Å². The van der Waals surface area contributed by atoms with Gasteiger partial charge >= 0.3 is 0 Å². The summed E-state index contributed by atoms with van der Waals surface area (Å²) >= 11 is 5.94. The highest BCUT2D eigenvalue weighted by Crippen LogP contribution is 2.28. The summed E-state index contributed by atoms with van der Waals surface area (Å²) in [6.45, 7) is 1.95. The number of nitrogens with two attached hydrogens (primary N) is 1. The van der Waals surface area contributed by atoms with Gasteiger partial charge in [-0.3, -0.25) is 4.79 Å². The Labute approximate surface area is 125 Å². The molecule has 3 N–H and O–H groups in total. The van der Waals surface area contributed by atoms with Gasteiger partial charge in [0.2, 0.25) is 5.91 Å². The predicted octanol–water partition coefficient (Wildman–Crippen LogP) is 3.21. The number of carbonyl (C=O) groups is 1. The van der Waals surface area contributed by atoms with E-state index in [1.54, 1.807) is 0 Å². The molecule has 0 radical (unpaired) electrons. The van der Waals surface area contributed by atoms with Gasteiger partial charge in [0, 0.05) is 5.02 Å². The van der Waals surface area contributed by atoms with Crippen LogP contribution in [0.1, 0.15) is 44.2 Å². The van der Waals surface area contributed by atoms with Crippen molar-refractivity contribution in [3.05, 3.63) is 34.9 Å². The zero-order valence-electron chi connectivity index (χ0n) is 11.0. The summed E-state index contributed by atoms with van der Waals surface area (Å²) in [7, 11) is 0. The molecule has 5 heteroatoms. The van der Waals surface area contributed by atoms with E-state index in [9.17, 15) is 4.79 Å². The van der Waals surface area contributed by atoms with Gasteiger partial charge in [-0.1, -0.05) is 36.6 Å². The van der Waals surface area contributed by atoms with Crippen LogP contribution >= 0.6 is 24.0 Å². The van der Waals surface area contributed by atoms with Crippen LogP contribution in [0.4, 0.5) is 0 Å². The van der Waals surface area contributed by atoms with Crippen LogP contribution < -0.4 is 11.1 Å². The highest BCUT2D eigenvalue weighted by atomic mass is 35.5. The highest BCUT2D eigenvalue weighted by Gasteiger charge is 2.37. The summed E-state index contributed by atoms with van der Waals surface area (Å²) in [6.07, 6.45) is 3.63. The SMILES string of the molecule is CC(NC(=O)C1(N)CCCC1)c1cccc(Cl)c1.Cl. The monoisotopic (exact) mass is 302 g/mol. The maximum Gasteiger partial charge on any atom is 0.240 e. The summed E-state index contributed by atoms with van der Waals surface area (Å²) in [4.78, 5) is 12.2. The molecular formula is C14H20Cl2N2O. The minimum absolute atomic E-state index is 0. The fraction of sp³-hybridized carbons (Fsp3) is 0.500. The van der Waals surface area contributed by atoms with Gasteiger partial charge in [0.05, 0.1) is 11.6 Å². The Hall–Kier alpha value is -0.770. The van der Waals surface area contributed by atoms with E-state index in [0.717, 1.165) is 31.2 Å². The molecular weight excluding hydrogens is 283 g/mol. The number of halogens is 2. The van der Waals surface area contributed by atoms with E-state index >= 15 is 0 Å². The van der Waals surface area contributed by atoms with E-state index in [2.05, 4.69) is 5.32 Å². The van der Waals surface area contributed by atoms with Gasteiger partial charge in [0.25, 0.3) is 0 Å². The molecule has 0 bridgehead atoms. The molecule has 1 amide bonds. The third kappa shape index (κ3) is 3.85. The van der Waals surface area contributed by atoms with Crippen molar-refractivity contribution in [1.82, 2.24) is 5.32 Å². The average Bonchev–Trinajstić information content (AvgIpc) is 2.77. The van der Waals surface area contributed by atoms with Gasteiger partial charge < -0.3 is 11.1 Å². The summed E-state index contributed by atoms with van der Waals surface area (Å²) < 4.78 is 0. The topological polar surface area (TPSA) is 55.1 Å². The van der Waals surface area contributed by atoms with E-state index in [-0.39, 0.29) is 24.4 Å². The first kappa shape index (κ1) is 16.3. The summed E-state index contributed by atoms with van der Waals surface area (Å²) in [5.74, 6) is -0.0486. The molecule has 106 valence electrons. The number of carbonyl (C=O) groups excluding carboxylic acids is 1. The van der Waals surface area contributed by atoms with Crippen molar-refractivity contribution in [2.45, 2.75) is 44.2 Å². The maximum absolute atomic E-state index is 12.2. The van der Waals surface area contributed by atoms with Crippen LogP contribution in [0, 0.1) is 0 Å². The Morgan fingerprint density at radius 2 is 2.05 bits per heavy atom. The summed E-state index contributed by atoms with van der Waals surface area (Å²) in [5, 5.41) is 3.66. The molecule has 1 unspecified atom stereocenters. The number of hydrogen-bond donors (Lipinski definition) is 2. The molecule has 1 aromatic carbocycles. The lowest BCUT2D eigenvalue weighted by atomic mass is 9.97. The van der Waals surface area contributed by atoms with E-state index in [0.29, 0.717) is 5.02 Å².